The van der Waals surface area contributed by atoms with Gasteiger partial charge in [0.05, 0.1) is 18.7 Å². The molecule has 0 fully saturated rings. The maximum atomic E-state index is 12.5. The summed E-state index contributed by atoms with van der Waals surface area (Å²) in [5, 5.41) is 16.1. The summed E-state index contributed by atoms with van der Waals surface area (Å²) in [6.07, 6.45) is -5.28. The Hall–Kier alpha value is -2.00. The average Bonchev–Trinajstić information content (AvgIpc) is 2.58. The lowest BCUT2D eigenvalue weighted by Gasteiger charge is -2.18. The fourth-order valence-electron chi connectivity index (χ4n) is 2.03. The van der Waals surface area contributed by atoms with Crippen LogP contribution in [0.15, 0.2) is 29.3 Å². The molecule has 6 nitrogen and oxygen atoms in total. The molecule has 148 valence electrons. The van der Waals surface area contributed by atoms with E-state index >= 15 is 0 Å². The summed E-state index contributed by atoms with van der Waals surface area (Å²) in [6.45, 7) is 5.01. The standard InChI is InChI=1S/C17H26F3N3O3/c1-4-21-16(23-12(2)10-25-3)22-9-14(24)11-26-15-7-5-13(6-8-15)17(18,19)20/h5-8,12,14,24H,4,9-11H2,1-3H3,(H2,21,22,23). The third-order valence-electron chi connectivity index (χ3n) is 3.23. The molecule has 0 aliphatic carbocycles. The summed E-state index contributed by atoms with van der Waals surface area (Å²) in [6, 6.07) is 4.35. The summed E-state index contributed by atoms with van der Waals surface area (Å²) in [7, 11) is 1.60. The summed E-state index contributed by atoms with van der Waals surface area (Å²) in [5.41, 5.74) is -0.749. The van der Waals surface area contributed by atoms with E-state index in [9.17, 15) is 18.3 Å². The molecule has 1 aromatic carbocycles. The fourth-order valence-corrected chi connectivity index (χ4v) is 2.03. The third-order valence-corrected chi connectivity index (χ3v) is 3.23. The molecule has 0 aromatic heterocycles. The summed E-state index contributed by atoms with van der Waals surface area (Å²) in [4.78, 5) is 4.25. The van der Waals surface area contributed by atoms with Crippen LogP contribution in [0.25, 0.3) is 0 Å². The molecule has 0 amide bonds. The molecule has 0 bridgehead atoms. The van der Waals surface area contributed by atoms with Crippen molar-refractivity contribution in [2.75, 3.05) is 33.4 Å². The highest BCUT2D eigenvalue weighted by atomic mass is 19.4. The molecule has 26 heavy (non-hydrogen) atoms. The van der Waals surface area contributed by atoms with Crippen LogP contribution in [0.1, 0.15) is 19.4 Å². The Morgan fingerprint density at radius 2 is 1.88 bits per heavy atom. The predicted molar refractivity (Wildman–Crippen MR) is 93.4 cm³/mol. The van der Waals surface area contributed by atoms with E-state index in [4.69, 9.17) is 9.47 Å². The van der Waals surface area contributed by atoms with Gasteiger partial charge in [-0.3, -0.25) is 4.99 Å². The zero-order valence-electron chi connectivity index (χ0n) is 15.1. The van der Waals surface area contributed by atoms with Gasteiger partial charge in [0.25, 0.3) is 0 Å². The van der Waals surface area contributed by atoms with Crippen LogP contribution < -0.4 is 15.4 Å². The molecule has 2 atom stereocenters. The lowest BCUT2D eigenvalue weighted by Crippen LogP contribution is -2.44. The third kappa shape index (κ3) is 8.39. The Labute approximate surface area is 151 Å². The molecule has 2 unspecified atom stereocenters. The number of nitrogens with zero attached hydrogens (tertiary/aromatic N) is 1. The molecule has 0 radical (unpaired) electrons. The van der Waals surface area contributed by atoms with Crippen molar-refractivity contribution in [2.45, 2.75) is 32.2 Å². The van der Waals surface area contributed by atoms with Gasteiger partial charge in [-0.05, 0) is 38.1 Å². The number of ether oxygens (including phenoxy) is 2. The van der Waals surface area contributed by atoms with Crippen LogP contribution in [0.3, 0.4) is 0 Å². The van der Waals surface area contributed by atoms with Gasteiger partial charge in [0, 0.05) is 19.7 Å². The van der Waals surface area contributed by atoms with Crippen molar-refractivity contribution >= 4 is 5.96 Å². The highest BCUT2D eigenvalue weighted by molar-refractivity contribution is 5.80. The number of aliphatic hydroxyl groups is 1. The molecular weight excluding hydrogens is 351 g/mol. The average molecular weight is 377 g/mol. The minimum absolute atomic E-state index is 0.0401. The quantitative estimate of drug-likeness (QED) is 0.454. The zero-order valence-corrected chi connectivity index (χ0v) is 15.1. The van der Waals surface area contributed by atoms with E-state index in [0.29, 0.717) is 19.1 Å². The van der Waals surface area contributed by atoms with Crippen LogP contribution in [0.5, 0.6) is 5.75 Å². The topological polar surface area (TPSA) is 75.1 Å². The molecule has 9 heteroatoms. The lowest BCUT2D eigenvalue weighted by molar-refractivity contribution is -0.137. The molecule has 0 heterocycles. The van der Waals surface area contributed by atoms with E-state index in [1.807, 2.05) is 13.8 Å². The van der Waals surface area contributed by atoms with Crippen molar-refractivity contribution in [2.24, 2.45) is 4.99 Å². The minimum atomic E-state index is -4.39. The molecule has 0 aliphatic heterocycles. The number of halogens is 3. The number of nitrogens with one attached hydrogen (secondary N) is 2. The van der Waals surface area contributed by atoms with E-state index in [-0.39, 0.29) is 24.9 Å². The number of aliphatic hydroxyl groups excluding tert-OH is 1. The summed E-state index contributed by atoms with van der Waals surface area (Å²) in [5.74, 6) is 0.783. The van der Waals surface area contributed by atoms with Gasteiger partial charge >= 0.3 is 6.18 Å². The van der Waals surface area contributed by atoms with Crippen LogP contribution >= 0.6 is 0 Å². The first kappa shape index (κ1) is 22.0. The van der Waals surface area contributed by atoms with E-state index < -0.39 is 17.8 Å². The first-order valence-electron chi connectivity index (χ1n) is 8.28. The van der Waals surface area contributed by atoms with E-state index in [0.717, 1.165) is 12.1 Å². The van der Waals surface area contributed by atoms with Gasteiger partial charge in [-0.2, -0.15) is 13.2 Å². The number of benzene rings is 1. The first-order valence-corrected chi connectivity index (χ1v) is 8.28. The van der Waals surface area contributed by atoms with E-state index in [1.54, 1.807) is 7.11 Å². The van der Waals surface area contributed by atoms with Crippen LogP contribution in [-0.2, 0) is 10.9 Å². The number of hydrogen-bond acceptors (Lipinski definition) is 4. The number of alkyl halides is 3. The highest BCUT2D eigenvalue weighted by Gasteiger charge is 2.30. The van der Waals surface area contributed by atoms with E-state index in [1.165, 1.54) is 12.1 Å². The molecule has 0 spiro atoms. The van der Waals surface area contributed by atoms with Gasteiger partial charge < -0.3 is 25.2 Å². The van der Waals surface area contributed by atoms with Gasteiger partial charge in [0.2, 0.25) is 0 Å². The highest BCUT2D eigenvalue weighted by Crippen LogP contribution is 2.30. The van der Waals surface area contributed by atoms with Gasteiger partial charge in [0.1, 0.15) is 18.5 Å². The van der Waals surface area contributed by atoms with Crippen molar-refractivity contribution in [3.63, 3.8) is 0 Å². The molecule has 1 rings (SSSR count). The van der Waals surface area contributed by atoms with Crippen molar-refractivity contribution in [1.82, 2.24) is 10.6 Å². The van der Waals surface area contributed by atoms with Gasteiger partial charge in [-0.1, -0.05) is 0 Å². The number of rotatable bonds is 9. The Morgan fingerprint density at radius 3 is 2.42 bits per heavy atom. The molecule has 0 aliphatic rings. The maximum Gasteiger partial charge on any atom is 0.416 e. The molecule has 1 aromatic rings. The lowest BCUT2D eigenvalue weighted by atomic mass is 10.2. The van der Waals surface area contributed by atoms with Crippen molar-refractivity contribution in [3.05, 3.63) is 29.8 Å². The van der Waals surface area contributed by atoms with Crippen LogP contribution in [0.4, 0.5) is 13.2 Å². The van der Waals surface area contributed by atoms with E-state index in [2.05, 4.69) is 15.6 Å². The Balaban J connectivity index is 2.49. The maximum absolute atomic E-state index is 12.5. The van der Waals surface area contributed by atoms with Gasteiger partial charge in [-0.15, -0.1) is 0 Å². The van der Waals surface area contributed by atoms with Crippen molar-refractivity contribution in [1.29, 1.82) is 0 Å². The Kier molecular flexibility index (Phi) is 9.22. The Bertz CT molecular complexity index is 550. The zero-order chi connectivity index (χ0) is 19.6. The molecule has 0 saturated heterocycles. The number of aliphatic imine (C=N–C) groups is 1. The van der Waals surface area contributed by atoms with Gasteiger partial charge in [-0.25, -0.2) is 0 Å². The van der Waals surface area contributed by atoms with Crippen LogP contribution in [0.2, 0.25) is 0 Å². The van der Waals surface area contributed by atoms with Crippen LogP contribution in [0, 0.1) is 0 Å². The smallest absolute Gasteiger partial charge is 0.416 e. The summed E-state index contributed by atoms with van der Waals surface area (Å²) < 4.78 is 47.8. The first-order chi connectivity index (χ1) is 12.3. The molecular formula is C17H26F3N3O3. The SMILES string of the molecule is CCNC(=NCC(O)COc1ccc(C(F)(F)F)cc1)NC(C)COC. The van der Waals surface area contributed by atoms with Crippen molar-refractivity contribution < 1.29 is 27.8 Å². The minimum Gasteiger partial charge on any atom is -0.491 e. The van der Waals surface area contributed by atoms with Gasteiger partial charge in [0.15, 0.2) is 5.96 Å². The number of hydrogen-bond donors (Lipinski definition) is 3. The molecule has 0 saturated carbocycles. The number of guanidine groups is 1. The normalized spacial score (nSPS) is 14.7. The summed E-state index contributed by atoms with van der Waals surface area (Å²) >= 11 is 0. The predicted octanol–water partition coefficient (Wildman–Crippen LogP) is 2.04. The van der Waals surface area contributed by atoms with Crippen LogP contribution in [-0.4, -0.2) is 56.6 Å². The second kappa shape index (κ2) is 10.9. The molecule has 3 N–H and O–H groups in total. The fraction of sp³-hybridized carbons (Fsp3) is 0.588. The van der Waals surface area contributed by atoms with Crippen molar-refractivity contribution in [3.8, 4) is 5.75 Å². The second-order valence-electron chi connectivity index (χ2n) is 5.71. The Morgan fingerprint density at radius 1 is 1.23 bits per heavy atom. The monoisotopic (exact) mass is 377 g/mol. The second-order valence-corrected chi connectivity index (χ2v) is 5.71. The number of methoxy groups -OCH3 is 1. The largest absolute Gasteiger partial charge is 0.491 e.